The van der Waals surface area contributed by atoms with Crippen LogP contribution in [-0.2, 0) is 11.8 Å². The molecule has 0 aliphatic heterocycles. The van der Waals surface area contributed by atoms with Crippen LogP contribution in [0.1, 0.15) is 26.3 Å². The molecule has 0 aliphatic carbocycles. The van der Waals surface area contributed by atoms with Gasteiger partial charge in [-0.3, -0.25) is 19.6 Å². The molecule has 0 radical (unpaired) electrons. The number of ether oxygens (including phenoxy) is 1. The first-order valence-electron chi connectivity index (χ1n) is 9.96. The smallest absolute Gasteiger partial charge is 0.270 e. The first-order chi connectivity index (χ1) is 15.1. The van der Waals surface area contributed by atoms with E-state index in [0.29, 0.717) is 28.3 Å². The molecule has 0 bridgehead atoms. The molecule has 0 unspecified atom stereocenters. The second kappa shape index (κ2) is 9.35. The van der Waals surface area contributed by atoms with Gasteiger partial charge < -0.3 is 10.1 Å². The molecule has 8 nitrogen and oxygen atoms in total. The molecule has 3 aromatic rings. The monoisotopic (exact) mass is 432 g/mol. The van der Waals surface area contributed by atoms with Crippen molar-refractivity contribution in [2.45, 2.75) is 20.8 Å². The minimum atomic E-state index is -0.489. The topological polar surface area (TPSA) is 99.3 Å². The molecule has 0 aliphatic rings. The Bertz CT molecular complexity index is 1200. The van der Waals surface area contributed by atoms with Crippen LogP contribution in [0.4, 0.5) is 11.4 Å². The first kappa shape index (κ1) is 22.6. The summed E-state index contributed by atoms with van der Waals surface area (Å²) in [5, 5.41) is 18.6. The number of nitrogens with one attached hydrogen (secondary N) is 1. The van der Waals surface area contributed by atoms with Gasteiger partial charge in [0, 0.05) is 36.4 Å². The van der Waals surface area contributed by atoms with Crippen molar-refractivity contribution in [3.8, 4) is 28.8 Å². The van der Waals surface area contributed by atoms with Gasteiger partial charge in [-0.15, -0.1) is 0 Å². The van der Waals surface area contributed by atoms with Gasteiger partial charge in [0.05, 0.1) is 16.2 Å². The summed E-state index contributed by atoms with van der Waals surface area (Å²) in [7, 11) is 1.75. The molecular formula is C24H24N4O4. The Morgan fingerprint density at radius 2 is 1.94 bits per heavy atom. The van der Waals surface area contributed by atoms with Crippen molar-refractivity contribution >= 4 is 17.3 Å². The minimum absolute atomic E-state index is 0.112. The molecule has 164 valence electrons. The zero-order chi connectivity index (χ0) is 23.3. The van der Waals surface area contributed by atoms with Gasteiger partial charge in [0.25, 0.3) is 11.6 Å². The van der Waals surface area contributed by atoms with Gasteiger partial charge in [0.15, 0.2) is 6.61 Å². The lowest BCUT2D eigenvalue weighted by Gasteiger charge is -2.11. The SMILES string of the molecule is Cn1cc(C#CC(C)(C)C)c(-c2cc([N+](=O)[O-])ccc2NC(=O)COc2ccccc2)n1. The van der Waals surface area contributed by atoms with Gasteiger partial charge in [-0.1, -0.05) is 30.0 Å². The average molecular weight is 432 g/mol. The highest BCUT2D eigenvalue weighted by Gasteiger charge is 2.19. The quantitative estimate of drug-likeness (QED) is 0.353. The van der Waals surface area contributed by atoms with Crippen LogP contribution in [0.15, 0.2) is 54.7 Å². The van der Waals surface area contributed by atoms with Crippen molar-refractivity contribution < 1.29 is 14.5 Å². The molecule has 0 saturated carbocycles. The number of nitro benzene ring substituents is 1. The van der Waals surface area contributed by atoms with E-state index >= 15 is 0 Å². The zero-order valence-corrected chi connectivity index (χ0v) is 18.4. The van der Waals surface area contributed by atoms with Crippen LogP contribution in [-0.4, -0.2) is 27.2 Å². The third-order valence-corrected chi connectivity index (χ3v) is 4.26. The van der Waals surface area contributed by atoms with E-state index < -0.39 is 10.8 Å². The number of benzene rings is 2. The lowest BCUT2D eigenvalue weighted by Crippen LogP contribution is -2.20. The van der Waals surface area contributed by atoms with Gasteiger partial charge in [-0.25, -0.2) is 0 Å². The number of carbonyl (C=O) groups excluding carboxylic acids is 1. The molecule has 1 N–H and O–H groups in total. The maximum Gasteiger partial charge on any atom is 0.270 e. The summed E-state index contributed by atoms with van der Waals surface area (Å²) < 4.78 is 7.08. The Morgan fingerprint density at radius 1 is 1.22 bits per heavy atom. The molecule has 3 rings (SSSR count). The maximum atomic E-state index is 12.5. The Labute approximate surface area is 186 Å². The van der Waals surface area contributed by atoms with Crippen molar-refractivity contribution in [3.63, 3.8) is 0 Å². The second-order valence-corrected chi connectivity index (χ2v) is 8.20. The van der Waals surface area contributed by atoms with E-state index in [1.807, 2.05) is 39.0 Å². The number of aryl methyl sites for hydroxylation is 1. The summed E-state index contributed by atoms with van der Waals surface area (Å²) in [6.07, 6.45) is 1.75. The van der Waals surface area contributed by atoms with Crippen molar-refractivity contribution in [1.29, 1.82) is 0 Å². The molecule has 32 heavy (non-hydrogen) atoms. The minimum Gasteiger partial charge on any atom is -0.484 e. The number of non-ortho nitro benzene ring substituents is 1. The highest BCUT2D eigenvalue weighted by Crippen LogP contribution is 2.33. The number of hydrogen-bond donors (Lipinski definition) is 1. The lowest BCUT2D eigenvalue weighted by molar-refractivity contribution is -0.384. The van der Waals surface area contributed by atoms with Crippen molar-refractivity contribution in [1.82, 2.24) is 9.78 Å². The highest BCUT2D eigenvalue weighted by atomic mass is 16.6. The third-order valence-electron chi connectivity index (χ3n) is 4.26. The molecule has 1 aromatic heterocycles. The van der Waals surface area contributed by atoms with E-state index in [2.05, 4.69) is 22.3 Å². The van der Waals surface area contributed by atoms with E-state index in [4.69, 9.17) is 4.74 Å². The van der Waals surface area contributed by atoms with Crippen LogP contribution in [0, 0.1) is 27.4 Å². The number of rotatable bonds is 6. The normalized spacial score (nSPS) is 10.8. The molecule has 8 heteroatoms. The number of carbonyl (C=O) groups is 1. The fourth-order valence-corrected chi connectivity index (χ4v) is 2.84. The van der Waals surface area contributed by atoms with Gasteiger partial charge >= 0.3 is 0 Å². The largest absolute Gasteiger partial charge is 0.484 e. The third kappa shape index (κ3) is 5.95. The fourth-order valence-electron chi connectivity index (χ4n) is 2.84. The molecule has 2 aromatic carbocycles. The summed E-state index contributed by atoms with van der Waals surface area (Å²) in [5.41, 5.74) is 1.51. The molecule has 0 atom stereocenters. The van der Waals surface area contributed by atoms with Crippen molar-refractivity contribution in [2.24, 2.45) is 12.5 Å². The average Bonchev–Trinajstić information content (AvgIpc) is 3.11. The molecule has 1 heterocycles. The summed E-state index contributed by atoms with van der Waals surface area (Å²) >= 11 is 0. The highest BCUT2D eigenvalue weighted by molar-refractivity contribution is 5.97. The van der Waals surface area contributed by atoms with Crippen LogP contribution in [0.5, 0.6) is 5.75 Å². The molecule has 0 saturated heterocycles. The number of nitro groups is 1. The van der Waals surface area contributed by atoms with E-state index in [1.54, 1.807) is 30.1 Å². The van der Waals surface area contributed by atoms with E-state index in [0.717, 1.165) is 0 Å². The fraction of sp³-hybridized carbons (Fsp3) is 0.250. The lowest BCUT2D eigenvalue weighted by atomic mass is 9.97. The standard InChI is InChI=1S/C24H24N4O4/c1-24(2,3)13-12-17-15-27(4)26-23(17)20-14-18(28(30)31)10-11-21(20)25-22(29)16-32-19-8-6-5-7-9-19/h5-11,14-15H,16H2,1-4H3,(H,25,29). The molecule has 0 spiro atoms. The summed E-state index contributed by atoms with van der Waals surface area (Å²) in [4.78, 5) is 23.4. The maximum absolute atomic E-state index is 12.5. The van der Waals surface area contributed by atoms with Crippen LogP contribution in [0.2, 0.25) is 0 Å². The molecule has 0 fully saturated rings. The first-order valence-corrected chi connectivity index (χ1v) is 9.96. The zero-order valence-electron chi connectivity index (χ0n) is 18.4. The van der Waals surface area contributed by atoms with Crippen LogP contribution >= 0.6 is 0 Å². The van der Waals surface area contributed by atoms with Crippen LogP contribution in [0.25, 0.3) is 11.3 Å². The van der Waals surface area contributed by atoms with E-state index in [9.17, 15) is 14.9 Å². The number of amides is 1. The second-order valence-electron chi connectivity index (χ2n) is 8.20. The predicted molar refractivity (Wildman–Crippen MR) is 122 cm³/mol. The summed E-state index contributed by atoms with van der Waals surface area (Å²) in [6.45, 7) is 5.75. The summed E-state index contributed by atoms with van der Waals surface area (Å²) in [5.74, 6) is 6.43. The van der Waals surface area contributed by atoms with E-state index in [1.165, 1.54) is 18.2 Å². The van der Waals surface area contributed by atoms with Crippen molar-refractivity contribution in [2.75, 3.05) is 11.9 Å². The van der Waals surface area contributed by atoms with Gasteiger partial charge in [-0.05, 0) is 39.0 Å². The number of aromatic nitrogens is 2. The molecular weight excluding hydrogens is 408 g/mol. The number of nitrogens with zero attached hydrogens (tertiary/aromatic N) is 3. The van der Waals surface area contributed by atoms with E-state index in [-0.39, 0.29) is 17.7 Å². The Hall–Kier alpha value is -4.12. The Balaban J connectivity index is 1.95. The van der Waals surface area contributed by atoms with Crippen LogP contribution in [0.3, 0.4) is 0 Å². The number of hydrogen-bond acceptors (Lipinski definition) is 5. The van der Waals surface area contributed by atoms with Gasteiger partial charge in [0.1, 0.15) is 11.4 Å². The summed E-state index contributed by atoms with van der Waals surface area (Å²) in [6, 6.07) is 13.2. The van der Waals surface area contributed by atoms with Gasteiger partial charge in [-0.2, -0.15) is 5.10 Å². The van der Waals surface area contributed by atoms with Crippen molar-refractivity contribution in [3.05, 3.63) is 70.4 Å². The molecule has 1 amide bonds. The van der Waals surface area contributed by atoms with Gasteiger partial charge in [0.2, 0.25) is 0 Å². The number of para-hydroxylation sites is 1. The Kier molecular flexibility index (Phi) is 6.59. The Morgan fingerprint density at radius 3 is 2.59 bits per heavy atom. The van der Waals surface area contributed by atoms with Crippen LogP contribution < -0.4 is 10.1 Å². The number of anilines is 1. The predicted octanol–water partition coefficient (Wildman–Crippen LogP) is 4.41.